The summed E-state index contributed by atoms with van der Waals surface area (Å²) in [6, 6.07) is 10.5. The Bertz CT molecular complexity index is 607. The van der Waals surface area contributed by atoms with Crippen molar-refractivity contribution in [3.05, 3.63) is 46.5 Å². The summed E-state index contributed by atoms with van der Waals surface area (Å²) in [5.74, 6) is 0.729. The Hall–Kier alpha value is -1.60. The molecular weight excluding hydrogens is 326 g/mol. The Morgan fingerprint density at radius 2 is 1.90 bits per heavy atom. The maximum atomic E-state index is 8.83. The number of nitriles is 1. The van der Waals surface area contributed by atoms with Gasteiger partial charge in [-0.2, -0.15) is 5.26 Å². The molecule has 0 saturated heterocycles. The predicted molar refractivity (Wildman–Crippen MR) is 90.7 cm³/mol. The Kier molecular flexibility index (Phi) is 7.18. The lowest BCUT2D eigenvalue weighted by Gasteiger charge is -2.05. The molecule has 0 spiro atoms. The summed E-state index contributed by atoms with van der Waals surface area (Å²) in [6.45, 7) is 8.00. The predicted octanol–water partition coefficient (Wildman–Crippen LogP) is 5.44. The SMILES string of the molecule is CC.CC.N#Cc1cn(-c2cccc(C3CC3)c2)c(Br)n1. The first-order chi connectivity index (χ1) is 10.3. The molecular formula is C17H22BrN3. The van der Waals surface area contributed by atoms with Crippen molar-refractivity contribution in [2.75, 3.05) is 0 Å². The lowest BCUT2D eigenvalue weighted by Crippen LogP contribution is -1.93. The van der Waals surface area contributed by atoms with Crippen LogP contribution in [-0.4, -0.2) is 9.55 Å². The molecule has 112 valence electrons. The van der Waals surface area contributed by atoms with E-state index in [1.54, 1.807) is 6.20 Å². The maximum Gasteiger partial charge on any atom is 0.183 e. The van der Waals surface area contributed by atoms with E-state index in [-0.39, 0.29) is 0 Å². The van der Waals surface area contributed by atoms with Crippen molar-refractivity contribution < 1.29 is 0 Å². The molecule has 3 rings (SSSR count). The molecule has 1 aliphatic rings. The van der Waals surface area contributed by atoms with Gasteiger partial charge in [0.25, 0.3) is 0 Å². The van der Waals surface area contributed by atoms with Crippen LogP contribution in [-0.2, 0) is 0 Å². The molecule has 0 N–H and O–H groups in total. The summed E-state index contributed by atoms with van der Waals surface area (Å²) in [4.78, 5) is 4.11. The second-order valence-electron chi connectivity index (χ2n) is 4.25. The molecule has 0 atom stereocenters. The Morgan fingerprint density at radius 1 is 1.24 bits per heavy atom. The average molecular weight is 348 g/mol. The lowest BCUT2D eigenvalue weighted by atomic mass is 10.1. The first-order valence-electron chi connectivity index (χ1n) is 7.53. The highest BCUT2D eigenvalue weighted by molar-refractivity contribution is 9.10. The van der Waals surface area contributed by atoms with Gasteiger partial charge in [0.1, 0.15) is 6.07 Å². The Balaban J connectivity index is 0.000000510. The van der Waals surface area contributed by atoms with E-state index in [1.807, 2.05) is 44.4 Å². The van der Waals surface area contributed by atoms with Crippen LogP contribution in [0.25, 0.3) is 5.69 Å². The topological polar surface area (TPSA) is 41.6 Å². The average Bonchev–Trinajstić information content (AvgIpc) is 3.34. The lowest BCUT2D eigenvalue weighted by molar-refractivity contribution is 1.00. The van der Waals surface area contributed by atoms with Crippen LogP contribution in [0.1, 0.15) is 57.7 Å². The first kappa shape index (κ1) is 17.5. The Morgan fingerprint density at radius 3 is 2.43 bits per heavy atom. The molecule has 1 heterocycles. The first-order valence-corrected chi connectivity index (χ1v) is 8.32. The van der Waals surface area contributed by atoms with E-state index in [0.717, 1.165) is 11.6 Å². The smallest absolute Gasteiger partial charge is 0.183 e. The number of halogens is 1. The molecule has 3 nitrogen and oxygen atoms in total. The van der Waals surface area contributed by atoms with Gasteiger partial charge in [-0.15, -0.1) is 0 Å². The molecule has 1 aromatic heterocycles. The molecule has 1 aromatic carbocycles. The number of benzene rings is 1. The van der Waals surface area contributed by atoms with Crippen molar-refractivity contribution in [3.8, 4) is 11.8 Å². The molecule has 1 aliphatic carbocycles. The monoisotopic (exact) mass is 347 g/mol. The van der Waals surface area contributed by atoms with Crippen molar-refractivity contribution in [1.82, 2.24) is 9.55 Å². The molecule has 0 bridgehead atoms. The van der Waals surface area contributed by atoms with Crippen molar-refractivity contribution in [3.63, 3.8) is 0 Å². The van der Waals surface area contributed by atoms with Gasteiger partial charge in [0, 0.05) is 11.9 Å². The van der Waals surface area contributed by atoms with Crippen molar-refractivity contribution in [1.29, 1.82) is 5.26 Å². The molecule has 2 aromatic rings. The van der Waals surface area contributed by atoms with Gasteiger partial charge in [-0.3, -0.25) is 4.57 Å². The van der Waals surface area contributed by atoms with E-state index in [4.69, 9.17) is 5.26 Å². The van der Waals surface area contributed by atoms with Crippen LogP contribution in [0.4, 0.5) is 0 Å². The van der Waals surface area contributed by atoms with Crippen LogP contribution < -0.4 is 0 Å². The fourth-order valence-corrected chi connectivity index (χ4v) is 2.44. The molecule has 1 saturated carbocycles. The Labute approximate surface area is 135 Å². The van der Waals surface area contributed by atoms with Gasteiger partial charge in [-0.05, 0) is 52.4 Å². The zero-order valence-electron chi connectivity index (χ0n) is 13.1. The van der Waals surface area contributed by atoms with Crippen LogP contribution in [0.3, 0.4) is 0 Å². The number of aromatic nitrogens is 2. The number of hydrogen-bond donors (Lipinski definition) is 0. The second-order valence-corrected chi connectivity index (χ2v) is 4.96. The van der Waals surface area contributed by atoms with Crippen LogP contribution in [0.15, 0.2) is 35.2 Å². The third-order valence-electron chi connectivity index (χ3n) is 2.97. The minimum absolute atomic E-state index is 0.425. The third kappa shape index (κ3) is 4.44. The maximum absolute atomic E-state index is 8.83. The third-order valence-corrected chi connectivity index (χ3v) is 3.53. The standard InChI is InChI=1S/C13H10BrN3.2C2H6/c14-13-16-11(7-15)8-17(13)12-3-1-2-10(6-12)9-4-5-9;2*1-2/h1-3,6,8-9H,4-5H2;2*1-2H3. The number of hydrogen-bond acceptors (Lipinski definition) is 2. The van der Waals surface area contributed by atoms with Crippen molar-refractivity contribution >= 4 is 15.9 Å². The van der Waals surface area contributed by atoms with Gasteiger partial charge in [0.05, 0.1) is 0 Å². The molecule has 4 heteroatoms. The van der Waals surface area contributed by atoms with Gasteiger partial charge in [-0.1, -0.05) is 39.8 Å². The van der Waals surface area contributed by atoms with E-state index >= 15 is 0 Å². The summed E-state index contributed by atoms with van der Waals surface area (Å²) in [5, 5.41) is 8.83. The van der Waals surface area contributed by atoms with Crippen LogP contribution >= 0.6 is 15.9 Å². The van der Waals surface area contributed by atoms with E-state index in [1.165, 1.54) is 18.4 Å². The van der Waals surface area contributed by atoms with E-state index in [9.17, 15) is 0 Å². The highest BCUT2D eigenvalue weighted by Gasteiger charge is 2.23. The number of rotatable bonds is 2. The van der Waals surface area contributed by atoms with Gasteiger partial charge in [-0.25, -0.2) is 4.98 Å². The van der Waals surface area contributed by atoms with Crippen molar-refractivity contribution in [2.24, 2.45) is 0 Å². The minimum Gasteiger partial charge on any atom is -0.293 e. The van der Waals surface area contributed by atoms with Gasteiger partial charge < -0.3 is 0 Å². The molecule has 0 amide bonds. The highest BCUT2D eigenvalue weighted by Crippen LogP contribution is 2.40. The zero-order chi connectivity index (χ0) is 15.8. The number of nitrogens with zero attached hydrogens (tertiary/aromatic N) is 3. The molecule has 1 fully saturated rings. The summed E-state index contributed by atoms with van der Waals surface area (Å²) >= 11 is 3.37. The van der Waals surface area contributed by atoms with Gasteiger partial charge >= 0.3 is 0 Å². The fraction of sp³-hybridized carbons (Fsp3) is 0.412. The van der Waals surface area contributed by atoms with Crippen LogP contribution in [0.5, 0.6) is 0 Å². The fourth-order valence-electron chi connectivity index (χ4n) is 1.94. The largest absolute Gasteiger partial charge is 0.293 e. The molecule has 0 unspecified atom stereocenters. The van der Waals surface area contributed by atoms with Crippen LogP contribution in [0, 0.1) is 11.3 Å². The van der Waals surface area contributed by atoms with Crippen molar-refractivity contribution in [2.45, 2.75) is 46.5 Å². The van der Waals surface area contributed by atoms with E-state index in [0.29, 0.717) is 10.4 Å². The minimum atomic E-state index is 0.425. The normalized spacial score (nSPS) is 12.4. The summed E-state index contributed by atoms with van der Waals surface area (Å²) < 4.78 is 2.56. The van der Waals surface area contributed by atoms with Gasteiger partial charge in [0.15, 0.2) is 10.4 Å². The summed E-state index contributed by atoms with van der Waals surface area (Å²) in [5.41, 5.74) is 2.85. The summed E-state index contributed by atoms with van der Waals surface area (Å²) in [7, 11) is 0. The molecule has 0 radical (unpaired) electrons. The number of imidazole rings is 1. The van der Waals surface area contributed by atoms with Gasteiger partial charge in [0.2, 0.25) is 0 Å². The zero-order valence-corrected chi connectivity index (χ0v) is 14.7. The summed E-state index contributed by atoms with van der Waals surface area (Å²) in [6.07, 6.45) is 4.33. The van der Waals surface area contributed by atoms with E-state index < -0.39 is 0 Å². The highest BCUT2D eigenvalue weighted by atomic mass is 79.9. The molecule has 21 heavy (non-hydrogen) atoms. The quantitative estimate of drug-likeness (QED) is 0.725. The van der Waals surface area contributed by atoms with Crippen LogP contribution in [0.2, 0.25) is 0 Å². The van der Waals surface area contributed by atoms with E-state index in [2.05, 4.69) is 39.1 Å². The molecule has 0 aliphatic heterocycles. The second kappa shape index (κ2) is 8.63.